The lowest BCUT2D eigenvalue weighted by Gasteiger charge is -2.15. The zero-order chi connectivity index (χ0) is 22.8. The molecule has 0 bridgehead atoms. The number of aromatic nitrogens is 2. The topological polar surface area (TPSA) is 115 Å². The van der Waals surface area contributed by atoms with Crippen molar-refractivity contribution in [3.63, 3.8) is 0 Å². The lowest BCUT2D eigenvalue weighted by molar-refractivity contribution is 0.759. The van der Waals surface area contributed by atoms with Gasteiger partial charge in [-0.15, -0.1) is 0 Å². The zero-order valence-electron chi connectivity index (χ0n) is 17.8. The Balaban J connectivity index is 1.94. The average Bonchev–Trinajstić information content (AvgIpc) is 2.81. The lowest BCUT2D eigenvalue weighted by atomic mass is 9.92. The minimum absolute atomic E-state index is 0.288. The number of nitrogens with two attached hydrogens (primary N) is 2. The van der Waals surface area contributed by atoms with E-state index in [-0.39, 0.29) is 11.6 Å². The van der Waals surface area contributed by atoms with E-state index in [1.807, 2.05) is 55.5 Å². The molecule has 7 heteroatoms. The van der Waals surface area contributed by atoms with Crippen LogP contribution < -0.4 is 17.0 Å². The first-order chi connectivity index (χ1) is 15.5. The second-order valence-electron chi connectivity index (χ2n) is 7.43. The summed E-state index contributed by atoms with van der Waals surface area (Å²) in [5, 5.41) is 9.61. The summed E-state index contributed by atoms with van der Waals surface area (Å²) >= 11 is 0. The first-order valence-corrected chi connectivity index (χ1v) is 10.1. The molecule has 4 aromatic rings. The third-order valence-corrected chi connectivity index (χ3v) is 5.47. The Hall–Kier alpha value is -4.28. The van der Waals surface area contributed by atoms with E-state index in [4.69, 9.17) is 18.0 Å². The number of hydrogen-bond donors (Lipinski definition) is 3. The monoisotopic (exact) mass is 422 g/mol. The highest BCUT2D eigenvalue weighted by Crippen LogP contribution is 2.34. The van der Waals surface area contributed by atoms with Gasteiger partial charge in [-0.3, -0.25) is 9.79 Å². The van der Waals surface area contributed by atoms with Crippen LogP contribution in [-0.4, -0.2) is 23.0 Å². The number of hydrogen-bond acceptors (Lipinski definition) is 5. The summed E-state index contributed by atoms with van der Waals surface area (Å²) in [6.07, 6.45) is 1.47. The van der Waals surface area contributed by atoms with Gasteiger partial charge in [0.1, 0.15) is 0 Å². The molecule has 1 atom stereocenters. The van der Waals surface area contributed by atoms with Gasteiger partial charge < -0.3 is 11.5 Å². The first-order valence-electron chi connectivity index (χ1n) is 10.1. The van der Waals surface area contributed by atoms with Crippen molar-refractivity contribution < 1.29 is 0 Å². The maximum atomic E-state index is 12.3. The molecule has 0 aliphatic heterocycles. The minimum atomic E-state index is -0.372. The Morgan fingerprint density at radius 2 is 1.94 bits per heavy atom. The molecule has 3 aromatic carbocycles. The van der Waals surface area contributed by atoms with Crippen LogP contribution in [0.1, 0.15) is 29.8 Å². The maximum absolute atomic E-state index is 12.3. The first kappa shape index (κ1) is 21.0. The highest BCUT2D eigenvalue weighted by Gasteiger charge is 2.19. The lowest BCUT2D eigenvalue weighted by Crippen LogP contribution is -2.16. The third kappa shape index (κ3) is 3.43. The Bertz CT molecular complexity index is 1500. The molecule has 0 spiro atoms. The van der Waals surface area contributed by atoms with E-state index in [0.29, 0.717) is 39.0 Å². The van der Waals surface area contributed by atoms with Gasteiger partial charge >= 0.3 is 0 Å². The predicted molar refractivity (Wildman–Crippen MR) is 130 cm³/mol. The molecule has 0 saturated carbocycles. The van der Waals surface area contributed by atoms with Crippen LogP contribution in [0.2, 0.25) is 0 Å². The molecular formula is C25H22N6O. The van der Waals surface area contributed by atoms with Crippen molar-refractivity contribution in [2.45, 2.75) is 13.0 Å². The standard InChI is InChI=1S/C25H22N6O/c1-14(27)22-20-12-16(9-10-18(20)25(32)31-30-22)21(13-26)24(29-3)19-11-8-15-6-4-5-7-17(15)23(19)28-2/h4-14H,26-27H2,1,3H3,(H,31,32)/b21-13-,29-24?/t14-/m1/s1. The van der Waals surface area contributed by atoms with Gasteiger partial charge in [0, 0.05) is 35.8 Å². The number of aromatic amines is 1. The van der Waals surface area contributed by atoms with Crippen LogP contribution in [0.25, 0.3) is 32.0 Å². The van der Waals surface area contributed by atoms with E-state index in [1.54, 1.807) is 13.1 Å². The largest absolute Gasteiger partial charge is 0.404 e. The van der Waals surface area contributed by atoms with Gasteiger partial charge in [-0.2, -0.15) is 5.10 Å². The summed E-state index contributed by atoms with van der Waals surface area (Å²) in [6.45, 7) is 9.61. The summed E-state index contributed by atoms with van der Waals surface area (Å²) in [4.78, 5) is 20.6. The third-order valence-electron chi connectivity index (χ3n) is 5.47. The van der Waals surface area contributed by atoms with E-state index in [0.717, 1.165) is 16.3 Å². The second-order valence-corrected chi connectivity index (χ2v) is 7.43. The van der Waals surface area contributed by atoms with Gasteiger partial charge in [-0.05, 0) is 35.4 Å². The summed E-state index contributed by atoms with van der Waals surface area (Å²) in [7, 11) is 1.67. The maximum Gasteiger partial charge on any atom is 0.272 e. The molecule has 0 fully saturated rings. The van der Waals surface area contributed by atoms with Crippen LogP contribution in [0, 0.1) is 6.57 Å². The highest BCUT2D eigenvalue weighted by atomic mass is 16.1. The van der Waals surface area contributed by atoms with Crippen LogP contribution in [0.4, 0.5) is 5.69 Å². The molecule has 5 N–H and O–H groups in total. The molecule has 0 amide bonds. The van der Waals surface area contributed by atoms with Crippen LogP contribution in [-0.2, 0) is 0 Å². The van der Waals surface area contributed by atoms with Crippen molar-refractivity contribution in [1.29, 1.82) is 0 Å². The minimum Gasteiger partial charge on any atom is -0.404 e. The Labute approximate surface area is 184 Å². The number of H-pyrrole nitrogens is 1. The fraction of sp³-hybridized carbons (Fsp3) is 0.120. The molecule has 0 radical (unpaired) electrons. The molecule has 1 aromatic heterocycles. The SMILES string of the molecule is [C-]#[N+]c1c(C(=NC)/C(=C\N)c2ccc3c(=O)[nH]nc([C@@H](C)N)c3c2)ccc2ccccc12. The molecular weight excluding hydrogens is 400 g/mol. The van der Waals surface area contributed by atoms with Crippen molar-refractivity contribution in [3.05, 3.63) is 99.4 Å². The van der Waals surface area contributed by atoms with Crippen LogP contribution in [0.5, 0.6) is 0 Å². The normalized spacial score (nSPS) is 13.3. The quantitative estimate of drug-likeness (QED) is 0.340. The molecule has 0 aliphatic rings. The molecule has 0 unspecified atom stereocenters. The molecule has 7 nitrogen and oxygen atoms in total. The highest BCUT2D eigenvalue weighted by molar-refractivity contribution is 6.34. The zero-order valence-corrected chi connectivity index (χ0v) is 17.8. The number of benzene rings is 3. The molecule has 4 rings (SSSR count). The van der Waals surface area contributed by atoms with Crippen molar-refractivity contribution in [2.75, 3.05) is 7.05 Å². The van der Waals surface area contributed by atoms with Gasteiger partial charge in [0.2, 0.25) is 5.69 Å². The number of nitrogens with one attached hydrogen (secondary N) is 1. The Morgan fingerprint density at radius 3 is 2.62 bits per heavy atom. The number of fused-ring (bicyclic) bond motifs is 2. The van der Waals surface area contributed by atoms with Crippen LogP contribution >= 0.6 is 0 Å². The van der Waals surface area contributed by atoms with Gasteiger partial charge in [0.05, 0.1) is 23.4 Å². The number of allylic oxidation sites excluding steroid dienone is 1. The Kier molecular flexibility index (Phi) is 5.54. The molecule has 0 aliphatic carbocycles. The number of rotatable bonds is 4. The smallest absolute Gasteiger partial charge is 0.272 e. The summed E-state index contributed by atoms with van der Waals surface area (Å²) in [5.41, 5.74) is 15.6. The second kappa shape index (κ2) is 8.46. The molecule has 32 heavy (non-hydrogen) atoms. The van der Waals surface area contributed by atoms with Crippen LogP contribution in [0.3, 0.4) is 0 Å². The van der Waals surface area contributed by atoms with Gasteiger partial charge in [-0.1, -0.05) is 42.5 Å². The van der Waals surface area contributed by atoms with E-state index in [2.05, 4.69) is 20.0 Å². The Morgan fingerprint density at radius 1 is 1.16 bits per heavy atom. The van der Waals surface area contributed by atoms with Gasteiger partial charge in [0.25, 0.3) is 5.56 Å². The van der Waals surface area contributed by atoms with Crippen LogP contribution in [0.15, 0.2) is 70.6 Å². The fourth-order valence-electron chi connectivity index (χ4n) is 3.96. The van der Waals surface area contributed by atoms with Crippen molar-refractivity contribution in [1.82, 2.24) is 10.2 Å². The number of aliphatic imine (C=N–C) groups is 1. The van der Waals surface area contributed by atoms with Crippen molar-refractivity contribution in [2.24, 2.45) is 16.5 Å². The molecule has 0 saturated heterocycles. The van der Waals surface area contributed by atoms with E-state index in [9.17, 15) is 4.79 Å². The summed E-state index contributed by atoms with van der Waals surface area (Å²) in [5.74, 6) is 0. The van der Waals surface area contributed by atoms with E-state index in [1.165, 1.54) is 6.20 Å². The predicted octanol–water partition coefficient (Wildman–Crippen LogP) is 4.07. The molecule has 158 valence electrons. The molecule has 1 heterocycles. The van der Waals surface area contributed by atoms with E-state index < -0.39 is 0 Å². The van der Waals surface area contributed by atoms with E-state index >= 15 is 0 Å². The van der Waals surface area contributed by atoms with Gasteiger partial charge in [0.15, 0.2) is 0 Å². The average molecular weight is 422 g/mol. The van der Waals surface area contributed by atoms with Crippen molar-refractivity contribution >= 4 is 38.5 Å². The van der Waals surface area contributed by atoms with Gasteiger partial charge in [-0.25, -0.2) is 9.94 Å². The summed E-state index contributed by atoms with van der Waals surface area (Å²) < 4.78 is 0. The number of nitrogens with zero attached hydrogens (tertiary/aromatic N) is 3. The van der Waals surface area contributed by atoms with Crippen molar-refractivity contribution in [3.8, 4) is 0 Å². The fourth-order valence-corrected chi connectivity index (χ4v) is 3.96. The summed E-state index contributed by atoms with van der Waals surface area (Å²) in [6, 6.07) is 16.6.